The molecule has 2 amide bonds. The van der Waals surface area contributed by atoms with E-state index in [1.807, 2.05) is 36.4 Å². The molecule has 2 N–H and O–H groups in total. The average molecular weight is 365 g/mol. The largest absolute Gasteiger partial charge is 0.352 e. The Kier molecular flexibility index (Phi) is 7.09. The van der Waals surface area contributed by atoms with Crippen molar-refractivity contribution in [3.05, 3.63) is 69.7 Å². The summed E-state index contributed by atoms with van der Waals surface area (Å²) in [6.45, 7) is 0.694. The van der Waals surface area contributed by atoms with Crippen molar-refractivity contribution in [2.45, 2.75) is 25.9 Å². The van der Waals surface area contributed by atoms with Gasteiger partial charge in [0.15, 0.2) is 0 Å². The van der Waals surface area contributed by atoms with E-state index in [1.165, 1.54) is 0 Å². The standard InChI is InChI=1S/C18H18Cl2N2O2/c19-15-7-3-1-5-13(15)11-21-17(23)9-10-18(24)22-12-14-6-2-4-8-16(14)20/h1-8H,9-12H2,(H,21,23)(H,22,24). The van der Waals surface area contributed by atoms with Gasteiger partial charge in [-0.15, -0.1) is 0 Å². The van der Waals surface area contributed by atoms with E-state index in [4.69, 9.17) is 23.2 Å². The van der Waals surface area contributed by atoms with E-state index >= 15 is 0 Å². The number of halogens is 2. The van der Waals surface area contributed by atoms with Crippen LogP contribution in [0.3, 0.4) is 0 Å². The van der Waals surface area contributed by atoms with Crippen LogP contribution in [0.2, 0.25) is 10.0 Å². The van der Waals surface area contributed by atoms with Crippen LogP contribution in [0.1, 0.15) is 24.0 Å². The maximum absolute atomic E-state index is 11.8. The summed E-state index contributed by atoms with van der Waals surface area (Å²) in [5, 5.41) is 6.72. The molecule has 0 aromatic heterocycles. The van der Waals surface area contributed by atoms with Gasteiger partial charge in [-0.1, -0.05) is 59.6 Å². The number of hydrogen-bond acceptors (Lipinski definition) is 2. The van der Waals surface area contributed by atoms with Crippen LogP contribution in [-0.4, -0.2) is 11.8 Å². The summed E-state index contributed by atoms with van der Waals surface area (Å²) in [5.41, 5.74) is 1.69. The first-order chi connectivity index (χ1) is 11.6. The SMILES string of the molecule is O=C(CCC(=O)NCc1ccccc1Cl)NCc1ccccc1Cl. The molecule has 0 spiro atoms. The van der Waals surface area contributed by atoms with Gasteiger partial charge in [-0.25, -0.2) is 0 Å². The molecule has 2 rings (SSSR count). The minimum absolute atomic E-state index is 0.124. The molecule has 0 heterocycles. The molecule has 0 aliphatic rings. The smallest absolute Gasteiger partial charge is 0.220 e. The number of nitrogens with one attached hydrogen (secondary N) is 2. The molecular formula is C18H18Cl2N2O2. The van der Waals surface area contributed by atoms with Crippen LogP contribution in [0.15, 0.2) is 48.5 Å². The normalized spacial score (nSPS) is 10.2. The van der Waals surface area contributed by atoms with Gasteiger partial charge in [-0.3, -0.25) is 9.59 Å². The predicted octanol–water partition coefficient (Wildman–Crippen LogP) is 3.71. The van der Waals surface area contributed by atoms with Crippen LogP contribution in [0.25, 0.3) is 0 Å². The third-order valence-electron chi connectivity index (χ3n) is 3.45. The molecule has 0 aliphatic heterocycles. The molecular weight excluding hydrogens is 347 g/mol. The van der Waals surface area contributed by atoms with E-state index in [0.717, 1.165) is 11.1 Å². The fraction of sp³-hybridized carbons (Fsp3) is 0.222. The molecule has 0 saturated carbocycles. The molecule has 4 nitrogen and oxygen atoms in total. The highest BCUT2D eigenvalue weighted by molar-refractivity contribution is 6.31. The first kappa shape index (κ1) is 18.3. The Morgan fingerprint density at radius 2 is 1.08 bits per heavy atom. The summed E-state index contributed by atoms with van der Waals surface area (Å²) in [6.07, 6.45) is 0.248. The van der Waals surface area contributed by atoms with E-state index in [2.05, 4.69) is 10.6 Å². The van der Waals surface area contributed by atoms with Gasteiger partial charge in [0.1, 0.15) is 0 Å². The number of carbonyl (C=O) groups is 2. The third-order valence-corrected chi connectivity index (χ3v) is 4.18. The zero-order valence-corrected chi connectivity index (χ0v) is 14.5. The molecule has 0 unspecified atom stereocenters. The second-order valence-corrected chi connectivity index (χ2v) is 6.05. The summed E-state index contributed by atoms with van der Waals surface area (Å²) in [5.74, 6) is -0.384. The molecule has 0 bridgehead atoms. The Labute approximate surface area is 151 Å². The predicted molar refractivity (Wildman–Crippen MR) is 95.8 cm³/mol. The number of rotatable bonds is 7. The van der Waals surface area contributed by atoms with Crippen molar-refractivity contribution in [1.29, 1.82) is 0 Å². The van der Waals surface area contributed by atoms with Crippen LogP contribution >= 0.6 is 23.2 Å². The van der Waals surface area contributed by atoms with E-state index in [0.29, 0.717) is 23.1 Å². The van der Waals surface area contributed by atoms with E-state index in [-0.39, 0.29) is 24.7 Å². The van der Waals surface area contributed by atoms with Crippen LogP contribution in [0.4, 0.5) is 0 Å². The van der Waals surface area contributed by atoms with Crippen molar-refractivity contribution in [2.24, 2.45) is 0 Å². The zero-order valence-electron chi connectivity index (χ0n) is 13.0. The fourth-order valence-corrected chi connectivity index (χ4v) is 2.48. The topological polar surface area (TPSA) is 58.2 Å². The monoisotopic (exact) mass is 364 g/mol. The van der Waals surface area contributed by atoms with Crippen molar-refractivity contribution in [2.75, 3.05) is 0 Å². The van der Waals surface area contributed by atoms with Crippen LogP contribution in [0, 0.1) is 0 Å². The highest BCUT2D eigenvalue weighted by Gasteiger charge is 2.08. The van der Waals surface area contributed by atoms with Crippen molar-refractivity contribution in [1.82, 2.24) is 10.6 Å². The minimum Gasteiger partial charge on any atom is -0.352 e. The highest BCUT2D eigenvalue weighted by Crippen LogP contribution is 2.15. The molecule has 0 fully saturated rings. The van der Waals surface area contributed by atoms with Gasteiger partial charge in [0.2, 0.25) is 11.8 Å². The van der Waals surface area contributed by atoms with Gasteiger partial charge in [-0.2, -0.15) is 0 Å². The second kappa shape index (κ2) is 9.30. The van der Waals surface area contributed by atoms with Crippen LogP contribution in [0.5, 0.6) is 0 Å². The lowest BCUT2D eigenvalue weighted by molar-refractivity contribution is -0.126. The number of benzene rings is 2. The van der Waals surface area contributed by atoms with Gasteiger partial charge in [0.25, 0.3) is 0 Å². The summed E-state index contributed by atoms with van der Waals surface area (Å²) < 4.78 is 0. The van der Waals surface area contributed by atoms with Crippen molar-refractivity contribution in [3.63, 3.8) is 0 Å². The Bertz CT molecular complexity index is 658. The number of hydrogen-bond donors (Lipinski definition) is 2. The third kappa shape index (κ3) is 5.87. The molecule has 0 atom stereocenters. The second-order valence-electron chi connectivity index (χ2n) is 5.24. The summed E-state index contributed by atoms with van der Waals surface area (Å²) in [7, 11) is 0. The zero-order chi connectivity index (χ0) is 17.4. The van der Waals surface area contributed by atoms with Gasteiger partial charge in [-0.05, 0) is 23.3 Å². The first-order valence-electron chi connectivity index (χ1n) is 7.56. The first-order valence-corrected chi connectivity index (χ1v) is 8.32. The summed E-state index contributed by atoms with van der Waals surface area (Å²) in [6, 6.07) is 14.6. The summed E-state index contributed by atoms with van der Waals surface area (Å²) >= 11 is 12.0. The lowest BCUT2D eigenvalue weighted by Gasteiger charge is -2.08. The molecule has 0 aliphatic carbocycles. The van der Waals surface area contributed by atoms with E-state index < -0.39 is 0 Å². The lowest BCUT2D eigenvalue weighted by Crippen LogP contribution is -2.27. The fourth-order valence-electron chi connectivity index (χ4n) is 2.07. The Balaban J connectivity index is 1.69. The average Bonchev–Trinajstić information content (AvgIpc) is 2.58. The Hall–Kier alpha value is -2.04. The van der Waals surface area contributed by atoms with E-state index in [1.54, 1.807) is 12.1 Å². The van der Waals surface area contributed by atoms with Gasteiger partial charge < -0.3 is 10.6 Å². The van der Waals surface area contributed by atoms with Crippen LogP contribution in [-0.2, 0) is 22.7 Å². The quantitative estimate of drug-likeness (QED) is 0.786. The van der Waals surface area contributed by atoms with Crippen molar-refractivity contribution in [3.8, 4) is 0 Å². The maximum atomic E-state index is 11.8. The Morgan fingerprint density at radius 3 is 1.46 bits per heavy atom. The Morgan fingerprint density at radius 1 is 0.708 bits per heavy atom. The van der Waals surface area contributed by atoms with Gasteiger partial charge in [0, 0.05) is 36.0 Å². The molecule has 24 heavy (non-hydrogen) atoms. The highest BCUT2D eigenvalue weighted by atomic mass is 35.5. The van der Waals surface area contributed by atoms with Gasteiger partial charge in [0.05, 0.1) is 0 Å². The molecule has 2 aromatic rings. The molecule has 2 aromatic carbocycles. The lowest BCUT2D eigenvalue weighted by atomic mass is 10.2. The molecule has 6 heteroatoms. The maximum Gasteiger partial charge on any atom is 0.220 e. The van der Waals surface area contributed by atoms with E-state index in [9.17, 15) is 9.59 Å². The summed E-state index contributed by atoms with van der Waals surface area (Å²) in [4.78, 5) is 23.6. The number of carbonyl (C=O) groups excluding carboxylic acids is 2. The van der Waals surface area contributed by atoms with Crippen molar-refractivity contribution >= 4 is 35.0 Å². The van der Waals surface area contributed by atoms with Gasteiger partial charge >= 0.3 is 0 Å². The minimum atomic E-state index is -0.192. The van der Waals surface area contributed by atoms with Crippen LogP contribution < -0.4 is 10.6 Å². The molecule has 126 valence electrons. The number of amides is 2. The van der Waals surface area contributed by atoms with Crippen molar-refractivity contribution < 1.29 is 9.59 Å². The molecule has 0 saturated heterocycles. The molecule has 0 radical (unpaired) electrons.